The smallest absolute Gasteiger partial charge is 0.409 e. The van der Waals surface area contributed by atoms with Crippen LogP contribution in [0.15, 0.2) is 126 Å². The molecule has 0 saturated carbocycles. The zero-order valence-corrected chi connectivity index (χ0v) is 34.8. The van der Waals surface area contributed by atoms with Crippen molar-refractivity contribution in [2.45, 2.75) is 67.7 Å². The number of fused-ring (bicyclic) bond motifs is 5. The van der Waals surface area contributed by atoms with Crippen LogP contribution in [0, 0.1) is 5.92 Å². The molecule has 0 radical (unpaired) electrons. The first kappa shape index (κ1) is 40.5. The van der Waals surface area contributed by atoms with Crippen LogP contribution in [-0.4, -0.2) is 67.1 Å². The number of hydrogen-bond donors (Lipinski definition) is 2. The van der Waals surface area contributed by atoms with Crippen LogP contribution in [-0.2, 0) is 30.7 Å². The highest BCUT2D eigenvalue weighted by Gasteiger charge is 2.43. The number of nitrogens with zero attached hydrogens (tertiary/aromatic N) is 1. The number of nitrogens with one attached hydrogen (secondary N) is 2. The Morgan fingerprint density at radius 3 is 2.05 bits per heavy atom. The molecule has 5 aromatic rings. The van der Waals surface area contributed by atoms with Crippen molar-refractivity contribution in [3.8, 4) is 22.6 Å². The molecule has 1 aliphatic carbocycles. The molecule has 0 spiro atoms. The number of unbranched alkanes of at least 4 members (excludes halogenated alkanes) is 1. The van der Waals surface area contributed by atoms with E-state index < -0.39 is 34.5 Å². The molecule has 1 saturated heterocycles. The minimum absolute atomic E-state index is 0.101. The number of carbonyl (C=O) groups is 2. The van der Waals surface area contributed by atoms with Gasteiger partial charge in [-0.25, -0.2) is 13.7 Å². The predicted octanol–water partition coefficient (Wildman–Crippen LogP) is 9.09. The van der Waals surface area contributed by atoms with E-state index in [9.17, 15) is 13.8 Å². The third-order valence-corrected chi connectivity index (χ3v) is 13.5. The van der Waals surface area contributed by atoms with E-state index in [-0.39, 0.29) is 31.5 Å². The third-order valence-electron chi connectivity index (χ3n) is 12.2. The normalized spacial score (nSPS) is 18.2. The van der Waals surface area contributed by atoms with Crippen LogP contribution in [0.5, 0.6) is 11.5 Å². The molecule has 0 bridgehead atoms. The number of methoxy groups -OCH3 is 1. The molecule has 2 aliphatic heterocycles. The lowest BCUT2D eigenvalue weighted by Gasteiger charge is -2.41. The van der Waals surface area contributed by atoms with Gasteiger partial charge in [0.05, 0.1) is 10.8 Å². The second-order valence-electron chi connectivity index (χ2n) is 16.3. The van der Waals surface area contributed by atoms with Gasteiger partial charge in [-0.1, -0.05) is 111 Å². The molecule has 3 atom stereocenters. The Hall–Kier alpha value is -5.29. The summed E-state index contributed by atoms with van der Waals surface area (Å²) in [6, 6.07) is 39.9. The molecule has 10 heteroatoms. The summed E-state index contributed by atoms with van der Waals surface area (Å²) in [6.45, 7) is 5.82. The molecule has 5 aromatic carbocycles. The zero-order chi connectivity index (χ0) is 40.9. The SMILES string of the molecule is COCCCCC1(CNC(=O)[C@H]2C[C@@H](NS(=O)c3ccc(C(C)C)cc3)CN(C(=O)OCC3c4ccccc4-c4ccccc43)C2)c2ccccc2Oc2ccccc21. The number of amides is 2. The predicted molar refractivity (Wildman–Crippen MR) is 231 cm³/mol. The second kappa shape index (κ2) is 17.9. The third kappa shape index (κ3) is 8.44. The summed E-state index contributed by atoms with van der Waals surface area (Å²) in [6.07, 6.45) is 2.42. The van der Waals surface area contributed by atoms with Crippen molar-refractivity contribution in [2.24, 2.45) is 5.92 Å². The number of benzene rings is 5. The maximum Gasteiger partial charge on any atom is 0.409 e. The summed E-state index contributed by atoms with van der Waals surface area (Å²) >= 11 is 0. The van der Waals surface area contributed by atoms with Crippen molar-refractivity contribution >= 4 is 23.0 Å². The van der Waals surface area contributed by atoms with E-state index in [1.54, 1.807) is 12.0 Å². The van der Waals surface area contributed by atoms with E-state index in [4.69, 9.17) is 14.2 Å². The number of carbonyl (C=O) groups excluding carboxylic acids is 2. The van der Waals surface area contributed by atoms with E-state index in [1.807, 2.05) is 84.9 Å². The van der Waals surface area contributed by atoms with E-state index >= 15 is 0 Å². The first-order valence-electron chi connectivity index (χ1n) is 20.8. The van der Waals surface area contributed by atoms with Crippen LogP contribution in [0.3, 0.4) is 0 Å². The highest BCUT2D eigenvalue weighted by Crippen LogP contribution is 2.50. The molecule has 9 nitrogen and oxygen atoms in total. The van der Waals surface area contributed by atoms with Crippen molar-refractivity contribution < 1.29 is 28.0 Å². The maximum atomic E-state index is 14.6. The molecule has 3 aliphatic rings. The van der Waals surface area contributed by atoms with Crippen LogP contribution in [0.25, 0.3) is 11.1 Å². The van der Waals surface area contributed by atoms with Gasteiger partial charge in [-0.05, 0) is 83.7 Å². The Kier molecular flexibility index (Phi) is 12.3. The molecular weight excluding hydrogens is 759 g/mol. The molecule has 2 N–H and O–H groups in total. The molecule has 2 heterocycles. The minimum Gasteiger partial charge on any atom is -0.457 e. The fourth-order valence-electron chi connectivity index (χ4n) is 9.17. The molecule has 306 valence electrons. The number of para-hydroxylation sites is 2. The fraction of sp³-hybridized carbons (Fsp3) is 0.347. The van der Waals surface area contributed by atoms with Gasteiger partial charge < -0.3 is 24.4 Å². The standard InChI is InChI=1S/C49H53N3O6S/c1-33(2)34-22-24-37(25-23-34)59(55)51-36-28-35(29-52(30-36)48(54)57-31-42-40-16-6-4-14-38(40)39-15-5-7-17-41(39)42)47(53)50-32-49(26-12-13-27-56-3)43-18-8-10-20-45(43)58-46-21-11-9-19-44(46)49/h4-11,14-25,33,35-36,42,51H,12-13,26-32H2,1-3H3,(H,50,53)/t35-,36+,59?/m0/s1. The van der Waals surface area contributed by atoms with Crippen molar-refractivity contribution in [1.82, 2.24) is 14.9 Å². The highest BCUT2D eigenvalue weighted by molar-refractivity contribution is 7.83. The van der Waals surface area contributed by atoms with Gasteiger partial charge in [0.15, 0.2) is 0 Å². The quantitative estimate of drug-likeness (QED) is 0.109. The number of rotatable bonds is 14. The van der Waals surface area contributed by atoms with Gasteiger partial charge in [-0.15, -0.1) is 0 Å². The molecule has 8 rings (SSSR count). The molecule has 1 fully saturated rings. The topological polar surface area (TPSA) is 106 Å². The van der Waals surface area contributed by atoms with Gasteiger partial charge >= 0.3 is 6.09 Å². The molecular formula is C49H53N3O6S. The van der Waals surface area contributed by atoms with Crippen LogP contribution < -0.4 is 14.8 Å². The van der Waals surface area contributed by atoms with Gasteiger partial charge in [0.2, 0.25) is 5.91 Å². The fourth-order valence-corrected chi connectivity index (χ4v) is 10.2. The van der Waals surface area contributed by atoms with Crippen LogP contribution >= 0.6 is 0 Å². The first-order chi connectivity index (χ1) is 28.8. The van der Waals surface area contributed by atoms with Crippen molar-refractivity contribution in [3.63, 3.8) is 0 Å². The number of piperidine rings is 1. The Balaban J connectivity index is 1.03. The number of hydrogen-bond acceptors (Lipinski definition) is 6. The van der Waals surface area contributed by atoms with E-state index in [2.05, 4.69) is 60.3 Å². The Morgan fingerprint density at radius 1 is 0.814 bits per heavy atom. The van der Waals surface area contributed by atoms with Gasteiger partial charge in [-0.3, -0.25) is 4.79 Å². The van der Waals surface area contributed by atoms with E-state index in [0.29, 0.717) is 30.4 Å². The van der Waals surface area contributed by atoms with Crippen molar-refractivity contribution in [1.29, 1.82) is 0 Å². The van der Waals surface area contributed by atoms with E-state index in [0.717, 1.165) is 69.7 Å². The number of likely N-dealkylation sites (tertiary alicyclic amines) is 1. The van der Waals surface area contributed by atoms with Crippen LogP contribution in [0.4, 0.5) is 4.79 Å². The molecule has 0 aromatic heterocycles. The Labute approximate surface area is 350 Å². The zero-order valence-electron chi connectivity index (χ0n) is 34.0. The highest BCUT2D eigenvalue weighted by atomic mass is 32.2. The van der Waals surface area contributed by atoms with Crippen LogP contribution in [0.2, 0.25) is 0 Å². The average Bonchev–Trinajstić information content (AvgIpc) is 3.59. The van der Waals surface area contributed by atoms with Gasteiger partial charge in [0, 0.05) is 61.9 Å². The minimum atomic E-state index is -1.57. The summed E-state index contributed by atoms with van der Waals surface area (Å²) in [5.41, 5.74) is 7.21. The Bertz CT molecular complexity index is 2220. The molecule has 1 unspecified atom stereocenters. The van der Waals surface area contributed by atoms with Crippen molar-refractivity contribution in [2.75, 3.05) is 40.0 Å². The van der Waals surface area contributed by atoms with E-state index in [1.165, 1.54) is 0 Å². The van der Waals surface area contributed by atoms with Crippen LogP contribution in [0.1, 0.15) is 79.2 Å². The summed E-state index contributed by atoms with van der Waals surface area (Å²) in [5, 5.41) is 3.36. The lowest BCUT2D eigenvalue weighted by atomic mass is 9.69. The lowest BCUT2D eigenvalue weighted by Crippen LogP contribution is -2.55. The molecule has 2 amide bonds. The largest absolute Gasteiger partial charge is 0.457 e. The molecule has 59 heavy (non-hydrogen) atoms. The number of ether oxygens (including phenoxy) is 3. The monoisotopic (exact) mass is 811 g/mol. The van der Waals surface area contributed by atoms with Gasteiger partial charge in [-0.2, -0.15) is 0 Å². The van der Waals surface area contributed by atoms with Gasteiger partial charge in [0.1, 0.15) is 29.1 Å². The average molecular weight is 812 g/mol. The summed E-state index contributed by atoms with van der Waals surface area (Å²) in [5.74, 6) is 1.05. The second-order valence-corrected chi connectivity index (χ2v) is 17.5. The van der Waals surface area contributed by atoms with Gasteiger partial charge in [0.25, 0.3) is 0 Å². The summed E-state index contributed by atoms with van der Waals surface area (Å²) < 4.78 is 35.0. The lowest BCUT2D eigenvalue weighted by molar-refractivity contribution is -0.127. The summed E-state index contributed by atoms with van der Waals surface area (Å²) in [4.78, 5) is 30.9. The Morgan fingerprint density at radius 2 is 1.42 bits per heavy atom. The first-order valence-corrected chi connectivity index (χ1v) is 21.9. The summed E-state index contributed by atoms with van der Waals surface area (Å²) in [7, 11) is 0.145. The maximum absolute atomic E-state index is 14.6. The van der Waals surface area contributed by atoms with Crippen molar-refractivity contribution in [3.05, 3.63) is 149 Å².